The lowest BCUT2D eigenvalue weighted by Gasteiger charge is -2.18. The number of hydrogen-bond acceptors (Lipinski definition) is 11. The molecule has 7 N–H and O–H groups in total. The van der Waals surface area contributed by atoms with E-state index in [4.69, 9.17) is 35.3 Å². The van der Waals surface area contributed by atoms with Gasteiger partial charge >= 0.3 is 22.3 Å². The van der Waals surface area contributed by atoms with E-state index in [0.29, 0.717) is 22.2 Å². The molecule has 0 aliphatic carbocycles. The molecule has 38 heavy (non-hydrogen) atoms. The third kappa shape index (κ3) is 5.68. The molecule has 2 aliphatic heterocycles. The van der Waals surface area contributed by atoms with Crippen LogP contribution in [0.1, 0.15) is 11.8 Å². The maximum atomic E-state index is 11.9. The molecule has 1 unspecified atom stereocenters. The Hall–Kier alpha value is -1.91. The molecule has 0 spiro atoms. The lowest BCUT2D eigenvalue weighted by atomic mass is 9.79. The Morgan fingerprint density at radius 2 is 1.97 bits per heavy atom. The van der Waals surface area contributed by atoms with Gasteiger partial charge in [0.25, 0.3) is 0 Å². The highest BCUT2D eigenvalue weighted by Crippen LogP contribution is 2.55. The van der Waals surface area contributed by atoms with Crippen molar-refractivity contribution in [2.75, 3.05) is 17.8 Å². The third-order valence-corrected chi connectivity index (χ3v) is 9.65. The normalized spacial score (nSPS) is 25.1. The van der Waals surface area contributed by atoms with E-state index in [0.717, 1.165) is 5.56 Å². The summed E-state index contributed by atoms with van der Waals surface area (Å²) >= 11 is 6.24. The Labute approximate surface area is 219 Å². The van der Waals surface area contributed by atoms with Crippen LogP contribution in [0.5, 0.6) is 0 Å². The molecule has 204 valence electrons. The molecule has 0 saturated carbocycles. The monoisotopic (exact) mass is 590 g/mol. The molecule has 0 bridgehead atoms. The number of aliphatic hydroxyl groups is 2. The smallest absolute Gasteiger partial charge is 0.423 e. The summed E-state index contributed by atoms with van der Waals surface area (Å²) in [5, 5.41) is 38.8. The highest BCUT2D eigenvalue weighted by molar-refractivity contribution is 7.70. The minimum absolute atomic E-state index is 0.0771. The van der Waals surface area contributed by atoms with Crippen LogP contribution >= 0.6 is 26.8 Å². The average Bonchev–Trinajstić information content (AvgIpc) is 3.47. The van der Waals surface area contributed by atoms with Gasteiger partial charge in [-0.3, -0.25) is 9.13 Å². The second-order valence-electron chi connectivity index (χ2n) is 8.81. The molecule has 5 atom stereocenters. The van der Waals surface area contributed by atoms with Gasteiger partial charge in [0, 0.05) is 5.69 Å². The fraction of sp³-hybridized carbons (Fsp3) is 0.368. The Morgan fingerprint density at radius 1 is 1.21 bits per heavy atom. The average molecular weight is 591 g/mol. The van der Waals surface area contributed by atoms with Crippen LogP contribution in [0.2, 0.25) is 5.15 Å². The molecule has 0 amide bonds. The van der Waals surface area contributed by atoms with Crippen molar-refractivity contribution < 1.29 is 53.0 Å². The van der Waals surface area contributed by atoms with Crippen LogP contribution in [-0.2, 0) is 29.7 Å². The van der Waals surface area contributed by atoms with E-state index >= 15 is 0 Å². The predicted molar refractivity (Wildman–Crippen MR) is 133 cm³/mol. The molecule has 19 heteroatoms. The Kier molecular flexibility index (Phi) is 7.46. The summed E-state index contributed by atoms with van der Waals surface area (Å²) in [5.41, 5.74) is 2.85. The summed E-state index contributed by atoms with van der Waals surface area (Å²) in [4.78, 5) is 31.8. The number of nitrogens with zero attached hydrogens (tertiary/aromatic N) is 3. The molecule has 4 heterocycles. The Morgan fingerprint density at radius 3 is 2.71 bits per heavy atom. The van der Waals surface area contributed by atoms with Crippen LogP contribution in [0.4, 0.5) is 11.4 Å². The van der Waals surface area contributed by atoms with Gasteiger partial charge in [-0.05, 0) is 29.2 Å². The summed E-state index contributed by atoms with van der Waals surface area (Å²) < 4.78 is 39.7. The molecular weight excluding hydrogens is 568 g/mol. The van der Waals surface area contributed by atoms with E-state index in [1.54, 1.807) is 18.2 Å². The number of halogens is 1. The van der Waals surface area contributed by atoms with E-state index in [1.165, 1.54) is 10.9 Å². The molecule has 3 aromatic rings. The van der Waals surface area contributed by atoms with Gasteiger partial charge in [-0.1, -0.05) is 17.7 Å². The van der Waals surface area contributed by atoms with Gasteiger partial charge in [0.2, 0.25) is 0 Å². The third-order valence-electron chi connectivity index (χ3n) is 6.00. The van der Waals surface area contributed by atoms with Crippen molar-refractivity contribution in [1.82, 2.24) is 14.8 Å². The summed E-state index contributed by atoms with van der Waals surface area (Å²) in [6, 6.07) is 6.85. The summed E-state index contributed by atoms with van der Waals surface area (Å²) in [6.07, 6.45) is -4.34. The number of hydrogen-bond donors (Lipinski definition) is 7. The zero-order valence-electron chi connectivity index (χ0n) is 19.2. The Balaban J connectivity index is 1.37. The molecule has 2 aromatic heterocycles. The maximum absolute atomic E-state index is 11.9. The van der Waals surface area contributed by atoms with Crippen molar-refractivity contribution in [2.45, 2.75) is 31.1 Å². The van der Waals surface area contributed by atoms with Crippen LogP contribution in [0, 0.1) is 0 Å². The lowest BCUT2D eigenvalue weighted by Crippen LogP contribution is -2.33. The first-order chi connectivity index (χ1) is 17.8. The van der Waals surface area contributed by atoms with Crippen LogP contribution in [0.15, 0.2) is 30.5 Å². The van der Waals surface area contributed by atoms with Crippen molar-refractivity contribution in [1.29, 1.82) is 0 Å². The minimum Gasteiger partial charge on any atom is -0.423 e. The van der Waals surface area contributed by atoms with E-state index in [2.05, 4.69) is 15.4 Å². The molecule has 1 saturated heterocycles. The number of pyridine rings is 1. The quantitative estimate of drug-likeness (QED) is 0.104. The van der Waals surface area contributed by atoms with Crippen LogP contribution in [0.25, 0.3) is 11.0 Å². The van der Waals surface area contributed by atoms with E-state index in [-0.39, 0.29) is 17.4 Å². The minimum atomic E-state index is -4.85. The molecule has 1 fully saturated rings. The Bertz CT molecular complexity index is 1470. The topological polar surface area (TPSA) is 226 Å². The zero-order valence-corrected chi connectivity index (χ0v) is 21.8. The number of rotatable bonds is 8. The van der Waals surface area contributed by atoms with E-state index in [1.807, 2.05) is 6.07 Å². The fourth-order valence-electron chi connectivity index (χ4n) is 4.27. The lowest BCUT2D eigenvalue weighted by molar-refractivity contribution is -0.0541. The van der Waals surface area contributed by atoms with Crippen molar-refractivity contribution in [3.05, 3.63) is 41.2 Å². The van der Waals surface area contributed by atoms with Gasteiger partial charge in [0.05, 0.1) is 30.5 Å². The standard InChI is InChI=1S/C19H22BClN4O11P2/c21-15-4-13(23-10-1-2-12-9(3-10)6-34-20(12)28)11-5-22-25(18(11)24-15)19-17(27)16(26)14(36-19)7-35-38(32,33)8-37(29,30)31/h1-5,14,16-17,19,26-28H,6-8H2,(H,23,24)(H,32,33)(H2,29,30,31)/t14-,16-,17-,19-/m1/s1. The first-order valence-corrected chi connectivity index (χ1v) is 15.0. The number of ether oxygens (including phenoxy) is 1. The van der Waals surface area contributed by atoms with Gasteiger partial charge < -0.3 is 49.1 Å². The first kappa shape index (κ1) is 27.7. The number of nitrogens with one attached hydrogen (secondary N) is 1. The van der Waals surface area contributed by atoms with Crippen molar-refractivity contribution in [2.24, 2.45) is 0 Å². The molecule has 0 radical (unpaired) electrons. The summed E-state index contributed by atoms with van der Waals surface area (Å²) in [6.45, 7) is -0.481. The molecule has 2 aliphatic rings. The van der Waals surface area contributed by atoms with Crippen LogP contribution in [-0.4, -0.2) is 82.6 Å². The summed E-state index contributed by atoms with van der Waals surface area (Å²) in [5.74, 6) is -1.41. The van der Waals surface area contributed by atoms with Crippen molar-refractivity contribution in [3.8, 4) is 0 Å². The number of aromatic nitrogens is 3. The second kappa shape index (κ2) is 10.2. The zero-order chi connectivity index (χ0) is 27.4. The first-order valence-electron chi connectivity index (χ1n) is 11.1. The van der Waals surface area contributed by atoms with Gasteiger partial charge in [-0.25, -0.2) is 9.67 Å². The molecular formula is C19H22BClN4O11P2. The van der Waals surface area contributed by atoms with Crippen LogP contribution in [0.3, 0.4) is 0 Å². The molecule has 1 aromatic carbocycles. The maximum Gasteiger partial charge on any atom is 0.491 e. The molecule has 5 rings (SSSR count). The highest BCUT2D eigenvalue weighted by atomic mass is 35.5. The second-order valence-corrected chi connectivity index (χ2v) is 13.2. The summed E-state index contributed by atoms with van der Waals surface area (Å²) in [7, 11) is -10.5. The van der Waals surface area contributed by atoms with Gasteiger partial charge in [0.15, 0.2) is 17.8 Å². The largest absolute Gasteiger partial charge is 0.491 e. The van der Waals surface area contributed by atoms with E-state index in [9.17, 15) is 29.3 Å². The van der Waals surface area contributed by atoms with Crippen molar-refractivity contribution in [3.63, 3.8) is 0 Å². The van der Waals surface area contributed by atoms with Gasteiger partial charge in [-0.15, -0.1) is 0 Å². The van der Waals surface area contributed by atoms with E-state index < -0.39 is 59.4 Å². The van der Waals surface area contributed by atoms with Gasteiger partial charge in [-0.2, -0.15) is 5.10 Å². The number of fused-ring (bicyclic) bond motifs is 2. The fourth-order valence-corrected chi connectivity index (χ4v) is 7.03. The molecule has 15 nitrogen and oxygen atoms in total. The van der Waals surface area contributed by atoms with Gasteiger partial charge in [0.1, 0.15) is 23.5 Å². The number of benzene rings is 1. The highest BCUT2D eigenvalue weighted by Gasteiger charge is 2.46. The number of anilines is 2. The SMILES string of the molecule is O=P(O)(O)CP(=O)(O)OC[C@H]1O[C@@H](n2ncc3c(Nc4ccc5c(c4)COB5O)cc(Cl)nc32)[C@H](O)[C@@H]1O. The predicted octanol–water partition coefficient (Wildman–Crippen LogP) is 0.00240. The van der Waals surface area contributed by atoms with Crippen LogP contribution < -0.4 is 10.8 Å². The van der Waals surface area contributed by atoms with Crippen molar-refractivity contribution >= 4 is 61.8 Å². The number of aliphatic hydroxyl groups excluding tert-OH is 2.